The Morgan fingerprint density at radius 2 is 2.27 bits per heavy atom. The fraction of sp³-hybridized carbons (Fsp3) is 0.412. The largest absolute Gasteiger partial charge is 0.488 e. The number of rotatable bonds is 5. The van der Waals surface area contributed by atoms with Crippen molar-refractivity contribution in [1.29, 1.82) is 0 Å². The molecule has 0 radical (unpaired) electrons. The molecule has 0 fully saturated rings. The lowest BCUT2D eigenvalue weighted by molar-refractivity contribution is 0.0724. The van der Waals surface area contributed by atoms with Gasteiger partial charge in [-0.15, -0.1) is 0 Å². The number of nitrogens with one attached hydrogen (secondary N) is 1. The van der Waals surface area contributed by atoms with Crippen molar-refractivity contribution in [2.24, 2.45) is 0 Å². The highest BCUT2D eigenvalue weighted by Gasteiger charge is 2.26. The standard InChI is InChI=1S/C17H21N3O2/c1-3-6-13-10-15(19-18-13)17(21)20(2)11-14-9-12-7-4-5-8-16(12)22-14/h4-5,7-8,10,14H,3,6,9,11H2,1-2H3,(H,18,19). The fourth-order valence-corrected chi connectivity index (χ4v) is 2.81. The number of nitrogens with zero attached hydrogens (tertiary/aromatic N) is 2. The zero-order valence-corrected chi connectivity index (χ0v) is 13.0. The maximum Gasteiger partial charge on any atom is 0.274 e. The van der Waals surface area contributed by atoms with Gasteiger partial charge in [-0.1, -0.05) is 31.5 Å². The number of amides is 1. The maximum atomic E-state index is 12.4. The number of H-pyrrole nitrogens is 1. The van der Waals surface area contributed by atoms with Crippen molar-refractivity contribution in [3.05, 3.63) is 47.3 Å². The molecule has 3 rings (SSSR count). The second-order valence-electron chi connectivity index (χ2n) is 5.77. The van der Waals surface area contributed by atoms with Gasteiger partial charge in [-0.25, -0.2) is 0 Å². The van der Waals surface area contributed by atoms with Crippen molar-refractivity contribution < 1.29 is 9.53 Å². The molecule has 5 nitrogen and oxygen atoms in total. The first-order chi connectivity index (χ1) is 10.7. The number of aromatic nitrogens is 2. The predicted octanol–water partition coefficient (Wildman–Crippen LogP) is 2.44. The fourth-order valence-electron chi connectivity index (χ4n) is 2.81. The SMILES string of the molecule is CCCc1cc(C(=O)N(C)CC2Cc3ccccc3O2)n[nH]1. The molecule has 1 N–H and O–H groups in total. The zero-order valence-electron chi connectivity index (χ0n) is 13.0. The highest BCUT2D eigenvalue weighted by molar-refractivity contribution is 5.92. The summed E-state index contributed by atoms with van der Waals surface area (Å²) >= 11 is 0. The van der Waals surface area contributed by atoms with Gasteiger partial charge in [-0.3, -0.25) is 9.89 Å². The van der Waals surface area contributed by atoms with E-state index in [9.17, 15) is 4.79 Å². The van der Waals surface area contributed by atoms with Crippen molar-refractivity contribution in [2.45, 2.75) is 32.3 Å². The van der Waals surface area contributed by atoms with Gasteiger partial charge in [0.15, 0.2) is 0 Å². The Morgan fingerprint density at radius 1 is 1.45 bits per heavy atom. The lowest BCUT2D eigenvalue weighted by Gasteiger charge is -2.20. The molecule has 1 atom stereocenters. The summed E-state index contributed by atoms with van der Waals surface area (Å²) < 4.78 is 5.89. The van der Waals surface area contributed by atoms with Gasteiger partial charge >= 0.3 is 0 Å². The smallest absolute Gasteiger partial charge is 0.274 e. The predicted molar refractivity (Wildman–Crippen MR) is 84.1 cm³/mol. The molecule has 0 saturated carbocycles. The Labute approximate surface area is 130 Å². The molecule has 0 saturated heterocycles. The molecule has 22 heavy (non-hydrogen) atoms. The van der Waals surface area contributed by atoms with Crippen LogP contribution in [0.3, 0.4) is 0 Å². The third-order valence-corrected chi connectivity index (χ3v) is 3.91. The van der Waals surface area contributed by atoms with E-state index in [1.807, 2.05) is 24.3 Å². The summed E-state index contributed by atoms with van der Waals surface area (Å²) in [4.78, 5) is 14.1. The third kappa shape index (κ3) is 2.98. The number of likely N-dealkylation sites (N-methyl/N-ethyl adjacent to an activating group) is 1. The van der Waals surface area contributed by atoms with Gasteiger partial charge in [0.2, 0.25) is 0 Å². The topological polar surface area (TPSA) is 58.2 Å². The summed E-state index contributed by atoms with van der Waals surface area (Å²) in [5.74, 6) is 0.858. The van der Waals surface area contributed by atoms with Crippen molar-refractivity contribution in [3.8, 4) is 5.75 Å². The van der Waals surface area contributed by atoms with E-state index in [1.165, 1.54) is 5.56 Å². The minimum Gasteiger partial charge on any atom is -0.488 e. The summed E-state index contributed by atoms with van der Waals surface area (Å²) in [7, 11) is 1.79. The number of aromatic amines is 1. The number of para-hydroxylation sites is 1. The van der Waals surface area contributed by atoms with E-state index in [1.54, 1.807) is 11.9 Å². The molecule has 0 aliphatic carbocycles. The van der Waals surface area contributed by atoms with Crippen LogP contribution in [0.2, 0.25) is 0 Å². The van der Waals surface area contributed by atoms with Crippen molar-refractivity contribution in [3.63, 3.8) is 0 Å². The average Bonchev–Trinajstić information content (AvgIpc) is 3.12. The van der Waals surface area contributed by atoms with Crippen LogP contribution in [0.5, 0.6) is 5.75 Å². The van der Waals surface area contributed by atoms with Gasteiger partial charge in [0.25, 0.3) is 5.91 Å². The summed E-state index contributed by atoms with van der Waals surface area (Å²) in [5, 5.41) is 7.03. The number of carbonyl (C=O) groups excluding carboxylic acids is 1. The molecule has 0 bridgehead atoms. The summed E-state index contributed by atoms with van der Waals surface area (Å²) in [5.41, 5.74) is 2.68. The monoisotopic (exact) mass is 299 g/mol. The average molecular weight is 299 g/mol. The number of aryl methyl sites for hydroxylation is 1. The van der Waals surface area contributed by atoms with Crippen LogP contribution >= 0.6 is 0 Å². The number of ether oxygens (including phenoxy) is 1. The quantitative estimate of drug-likeness (QED) is 0.922. The van der Waals surface area contributed by atoms with Crippen LogP contribution in [-0.4, -0.2) is 40.7 Å². The van der Waals surface area contributed by atoms with Crippen molar-refractivity contribution in [2.75, 3.05) is 13.6 Å². The van der Waals surface area contributed by atoms with Crippen LogP contribution in [-0.2, 0) is 12.8 Å². The second-order valence-corrected chi connectivity index (χ2v) is 5.77. The van der Waals surface area contributed by atoms with Gasteiger partial charge in [-0.2, -0.15) is 5.10 Å². The molecule has 1 aliphatic heterocycles. The van der Waals surface area contributed by atoms with Crippen LogP contribution < -0.4 is 4.74 Å². The lowest BCUT2D eigenvalue weighted by Crippen LogP contribution is -2.36. The first-order valence-electron chi connectivity index (χ1n) is 7.71. The van der Waals surface area contributed by atoms with Gasteiger partial charge < -0.3 is 9.64 Å². The molecule has 1 aliphatic rings. The summed E-state index contributed by atoms with van der Waals surface area (Å²) in [6, 6.07) is 9.86. The van der Waals surface area contributed by atoms with Crippen LogP contribution in [0.15, 0.2) is 30.3 Å². The van der Waals surface area contributed by atoms with Crippen LogP contribution in [0.4, 0.5) is 0 Å². The Bertz CT molecular complexity index is 640. The molecule has 116 valence electrons. The van der Waals surface area contributed by atoms with E-state index in [4.69, 9.17) is 4.74 Å². The van der Waals surface area contributed by atoms with E-state index in [0.29, 0.717) is 12.2 Å². The van der Waals surface area contributed by atoms with Gasteiger partial charge in [-0.05, 0) is 24.1 Å². The molecule has 1 amide bonds. The van der Waals surface area contributed by atoms with Gasteiger partial charge in [0.05, 0.1) is 6.54 Å². The number of carbonyl (C=O) groups is 1. The minimum atomic E-state index is -0.0711. The van der Waals surface area contributed by atoms with Gasteiger partial charge in [0, 0.05) is 19.2 Å². The Morgan fingerprint density at radius 3 is 3.05 bits per heavy atom. The molecule has 0 spiro atoms. The van der Waals surface area contributed by atoms with Crippen LogP contribution in [0, 0.1) is 0 Å². The first-order valence-corrected chi connectivity index (χ1v) is 7.71. The third-order valence-electron chi connectivity index (χ3n) is 3.91. The lowest BCUT2D eigenvalue weighted by atomic mass is 10.1. The Hall–Kier alpha value is -2.30. The molecule has 2 heterocycles. The van der Waals surface area contributed by atoms with Crippen LogP contribution in [0.25, 0.3) is 0 Å². The molecular formula is C17H21N3O2. The molecule has 1 aromatic carbocycles. The summed E-state index contributed by atoms with van der Waals surface area (Å²) in [6.07, 6.45) is 2.79. The van der Waals surface area contributed by atoms with E-state index in [-0.39, 0.29) is 12.0 Å². The molecular weight excluding hydrogens is 278 g/mol. The molecule has 1 unspecified atom stereocenters. The van der Waals surface area contributed by atoms with E-state index >= 15 is 0 Å². The van der Waals surface area contributed by atoms with E-state index in [0.717, 1.165) is 30.7 Å². The molecule has 5 heteroatoms. The van der Waals surface area contributed by atoms with E-state index < -0.39 is 0 Å². The number of hydrogen-bond acceptors (Lipinski definition) is 3. The Balaban J connectivity index is 1.60. The molecule has 1 aromatic heterocycles. The molecule has 2 aromatic rings. The summed E-state index contributed by atoms with van der Waals surface area (Å²) in [6.45, 7) is 2.66. The highest BCUT2D eigenvalue weighted by Crippen LogP contribution is 2.28. The van der Waals surface area contributed by atoms with Crippen LogP contribution in [0.1, 0.15) is 35.1 Å². The first kappa shape index (κ1) is 14.6. The van der Waals surface area contributed by atoms with Gasteiger partial charge in [0.1, 0.15) is 17.5 Å². The van der Waals surface area contributed by atoms with Crippen molar-refractivity contribution in [1.82, 2.24) is 15.1 Å². The normalized spacial score (nSPS) is 16.2. The van der Waals surface area contributed by atoms with E-state index in [2.05, 4.69) is 23.2 Å². The number of benzene rings is 1. The second kappa shape index (κ2) is 6.22. The van der Waals surface area contributed by atoms with Crippen molar-refractivity contribution >= 4 is 5.91 Å². The maximum absolute atomic E-state index is 12.4. The highest BCUT2D eigenvalue weighted by atomic mass is 16.5. The zero-order chi connectivity index (χ0) is 15.5. The Kier molecular flexibility index (Phi) is 4.13. The number of hydrogen-bond donors (Lipinski definition) is 1. The number of fused-ring (bicyclic) bond motifs is 1. The minimum absolute atomic E-state index is 0.0143.